The number of carbonyl (C=O) groups is 1. The second-order valence-corrected chi connectivity index (χ2v) is 6.46. The molecule has 1 aromatic carbocycles. The van der Waals surface area contributed by atoms with Crippen LogP contribution in [-0.2, 0) is 12.8 Å². The van der Waals surface area contributed by atoms with Gasteiger partial charge in [-0.25, -0.2) is 4.79 Å². The predicted octanol–water partition coefficient (Wildman–Crippen LogP) is 3.29. The number of benzene rings is 1. The van der Waals surface area contributed by atoms with Crippen molar-refractivity contribution in [1.82, 2.24) is 4.98 Å². The monoisotopic (exact) mass is 299 g/mol. The molecule has 1 N–H and O–H groups in total. The molecule has 0 radical (unpaired) electrons. The minimum atomic E-state index is -0.499. The quantitative estimate of drug-likeness (QED) is 0.738. The molecule has 0 saturated heterocycles. The van der Waals surface area contributed by atoms with Crippen LogP contribution in [0.1, 0.15) is 38.5 Å². The number of aryl methyl sites for hydroxylation is 2. The summed E-state index contributed by atoms with van der Waals surface area (Å²) in [7, 11) is 0. The lowest BCUT2D eigenvalue weighted by molar-refractivity contribution is 0.104. The summed E-state index contributed by atoms with van der Waals surface area (Å²) < 4.78 is 5.02. The van der Waals surface area contributed by atoms with E-state index in [-0.39, 0.29) is 5.78 Å². The van der Waals surface area contributed by atoms with Crippen molar-refractivity contribution in [1.29, 1.82) is 0 Å². The van der Waals surface area contributed by atoms with Crippen molar-refractivity contribution in [3.63, 3.8) is 0 Å². The minimum Gasteiger partial charge on any atom is -0.408 e. The van der Waals surface area contributed by atoms with Gasteiger partial charge in [0.15, 0.2) is 5.58 Å². The van der Waals surface area contributed by atoms with Crippen LogP contribution in [-0.4, -0.2) is 10.8 Å². The molecule has 0 aliphatic heterocycles. The van der Waals surface area contributed by atoms with Crippen LogP contribution < -0.4 is 5.76 Å². The maximum Gasteiger partial charge on any atom is 0.417 e. The van der Waals surface area contributed by atoms with Crippen molar-refractivity contribution in [3.8, 4) is 0 Å². The fraction of sp³-hybridized carbons (Fsp3) is 0.250. The SMILES string of the molecule is O=C(c1ccc2[nH]c(=O)oc2c1)c1cc2c(s1)CCCC2. The number of nitrogens with one attached hydrogen (secondary N) is 1. The Morgan fingerprint density at radius 3 is 2.90 bits per heavy atom. The molecule has 3 aromatic rings. The number of carbonyl (C=O) groups excluding carboxylic acids is 1. The van der Waals surface area contributed by atoms with Gasteiger partial charge in [0.05, 0.1) is 10.4 Å². The van der Waals surface area contributed by atoms with Crippen molar-refractivity contribution in [2.45, 2.75) is 25.7 Å². The van der Waals surface area contributed by atoms with E-state index in [0.717, 1.165) is 17.7 Å². The van der Waals surface area contributed by atoms with Crippen LogP contribution in [0.5, 0.6) is 0 Å². The lowest BCUT2D eigenvalue weighted by atomic mass is 9.98. The Hall–Kier alpha value is -2.14. The molecule has 1 aliphatic carbocycles. The molecule has 5 heteroatoms. The zero-order chi connectivity index (χ0) is 14.4. The molecule has 0 bridgehead atoms. The van der Waals surface area contributed by atoms with Gasteiger partial charge in [0.1, 0.15) is 0 Å². The highest BCUT2D eigenvalue weighted by Gasteiger charge is 2.19. The Balaban J connectivity index is 1.75. The van der Waals surface area contributed by atoms with Crippen LogP contribution in [0, 0.1) is 0 Å². The van der Waals surface area contributed by atoms with Crippen molar-refractivity contribution >= 4 is 28.2 Å². The Kier molecular flexibility index (Phi) is 2.82. The molecular weight excluding hydrogens is 286 g/mol. The summed E-state index contributed by atoms with van der Waals surface area (Å²) in [4.78, 5) is 28.5. The highest BCUT2D eigenvalue weighted by atomic mass is 32.1. The third-order valence-electron chi connectivity index (χ3n) is 3.90. The lowest BCUT2D eigenvalue weighted by Crippen LogP contribution is -1.98. The smallest absolute Gasteiger partial charge is 0.408 e. The Labute approximate surface area is 124 Å². The summed E-state index contributed by atoms with van der Waals surface area (Å²) in [6.07, 6.45) is 4.57. The predicted molar refractivity (Wildman–Crippen MR) is 81.2 cm³/mol. The number of aromatic nitrogens is 1. The Morgan fingerprint density at radius 1 is 1.19 bits per heavy atom. The molecule has 106 valence electrons. The maximum absolute atomic E-state index is 12.6. The van der Waals surface area contributed by atoms with Gasteiger partial charge in [-0.2, -0.15) is 0 Å². The van der Waals surface area contributed by atoms with E-state index in [0.29, 0.717) is 16.7 Å². The zero-order valence-corrected chi connectivity index (χ0v) is 12.1. The van der Waals surface area contributed by atoms with Gasteiger partial charge in [-0.05, 0) is 55.5 Å². The summed E-state index contributed by atoms with van der Waals surface area (Å²) in [6.45, 7) is 0. The van der Waals surface area contributed by atoms with Crippen molar-refractivity contribution in [2.75, 3.05) is 0 Å². The van der Waals surface area contributed by atoms with Crippen LogP contribution >= 0.6 is 11.3 Å². The van der Waals surface area contributed by atoms with Gasteiger partial charge in [-0.1, -0.05) is 0 Å². The summed E-state index contributed by atoms with van der Waals surface area (Å²) in [5.74, 6) is -0.499. The summed E-state index contributed by atoms with van der Waals surface area (Å²) in [5.41, 5.74) is 2.92. The first kappa shape index (κ1) is 12.6. The second kappa shape index (κ2) is 4.70. The van der Waals surface area contributed by atoms with Crippen LogP contribution in [0.3, 0.4) is 0 Å². The Morgan fingerprint density at radius 2 is 2.05 bits per heavy atom. The van der Waals surface area contributed by atoms with E-state index in [1.54, 1.807) is 29.5 Å². The molecule has 4 nitrogen and oxygen atoms in total. The number of hydrogen-bond acceptors (Lipinski definition) is 4. The standard InChI is InChI=1S/C16H13NO3S/c18-15(14-8-9-3-1-2-4-13(9)21-14)10-5-6-11-12(7-10)20-16(19)17-11/h5-8H,1-4H2,(H,17,19). The molecule has 0 fully saturated rings. The van der Waals surface area contributed by atoms with E-state index >= 15 is 0 Å². The molecule has 4 rings (SSSR count). The van der Waals surface area contributed by atoms with Gasteiger partial charge in [0, 0.05) is 10.4 Å². The van der Waals surface area contributed by atoms with Gasteiger partial charge >= 0.3 is 5.76 Å². The van der Waals surface area contributed by atoms with E-state index in [2.05, 4.69) is 4.98 Å². The topological polar surface area (TPSA) is 63.1 Å². The van der Waals surface area contributed by atoms with Crippen LogP contribution in [0.4, 0.5) is 0 Å². The maximum atomic E-state index is 12.6. The van der Waals surface area contributed by atoms with Crippen molar-refractivity contribution < 1.29 is 9.21 Å². The first-order chi connectivity index (χ1) is 10.2. The number of H-pyrrole nitrogens is 1. The third-order valence-corrected chi connectivity index (χ3v) is 5.14. The second-order valence-electron chi connectivity index (χ2n) is 5.32. The van der Waals surface area contributed by atoms with Crippen molar-refractivity contribution in [2.24, 2.45) is 0 Å². The van der Waals surface area contributed by atoms with Gasteiger partial charge in [0.2, 0.25) is 5.78 Å². The number of rotatable bonds is 2. The van der Waals surface area contributed by atoms with E-state index in [4.69, 9.17) is 4.42 Å². The summed E-state index contributed by atoms with van der Waals surface area (Å²) in [6, 6.07) is 7.10. The average molecular weight is 299 g/mol. The van der Waals surface area contributed by atoms with Gasteiger partial charge in [0.25, 0.3) is 0 Å². The number of fused-ring (bicyclic) bond motifs is 2. The van der Waals surface area contributed by atoms with Crippen LogP contribution in [0.25, 0.3) is 11.1 Å². The van der Waals surface area contributed by atoms with E-state index in [9.17, 15) is 9.59 Å². The van der Waals surface area contributed by atoms with Crippen LogP contribution in [0.2, 0.25) is 0 Å². The third kappa shape index (κ3) is 2.14. The highest BCUT2D eigenvalue weighted by Crippen LogP contribution is 2.31. The fourth-order valence-corrected chi connectivity index (χ4v) is 4.05. The molecule has 0 atom stereocenters. The first-order valence-electron chi connectivity index (χ1n) is 7.00. The lowest BCUT2D eigenvalue weighted by Gasteiger charge is -2.08. The van der Waals surface area contributed by atoms with Crippen LogP contribution in [0.15, 0.2) is 33.5 Å². The van der Waals surface area contributed by atoms with E-state index in [1.165, 1.54) is 23.3 Å². The normalized spacial score (nSPS) is 14.3. The first-order valence-corrected chi connectivity index (χ1v) is 7.81. The number of hydrogen-bond donors (Lipinski definition) is 1. The largest absolute Gasteiger partial charge is 0.417 e. The van der Waals surface area contributed by atoms with E-state index in [1.807, 2.05) is 6.07 Å². The van der Waals surface area contributed by atoms with Gasteiger partial charge in [-0.15, -0.1) is 11.3 Å². The minimum absolute atomic E-state index is 0.000138. The average Bonchev–Trinajstić information content (AvgIpc) is 3.07. The fourth-order valence-electron chi connectivity index (χ4n) is 2.83. The molecule has 1 aliphatic rings. The number of thiophene rings is 1. The molecule has 2 heterocycles. The molecule has 2 aromatic heterocycles. The molecule has 0 saturated carbocycles. The molecular formula is C16H13NO3S. The summed E-state index contributed by atoms with van der Waals surface area (Å²) >= 11 is 1.60. The number of aromatic amines is 1. The molecule has 21 heavy (non-hydrogen) atoms. The number of oxazole rings is 1. The number of ketones is 1. The molecule has 0 amide bonds. The van der Waals surface area contributed by atoms with Crippen molar-refractivity contribution in [3.05, 3.63) is 55.7 Å². The molecule has 0 spiro atoms. The Bertz CT molecular complexity index is 876. The van der Waals surface area contributed by atoms with E-state index < -0.39 is 5.76 Å². The zero-order valence-electron chi connectivity index (χ0n) is 11.3. The highest BCUT2D eigenvalue weighted by molar-refractivity contribution is 7.14. The van der Waals surface area contributed by atoms with Gasteiger partial charge in [-0.3, -0.25) is 9.78 Å². The van der Waals surface area contributed by atoms with Gasteiger partial charge < -0.3 is 4.42 Å². The molecule has 0 unspecified atom stereocenters. The summed E-state index contributed by atoms with van der Waals surface area (Å²) in [5, 5.41) is 0.